The Morgan fingerprint density at radius 3 is 3.06 bits per heavy atom. The summed E-state index contributed by atoms with van der Waals surface area (Å²) in [6.07, 6.45) is 5.00. The molecule has 3 nitrogen and oxygen atoms in total. The van der Waals surface area contributed by atoms with Crippen LogP contribution in [0.4, 0.5) is 0 Å². The van der Waals surface area contributed by atoms with E-state index in [0.29, 0.717) is 6.04 Å². The smallest absolute Gasteiger partial charge is 0.119 e. The topological polar surface area (TPSA) is 33.3 Å². The van der Waals surface area contributed by atoms with Crippen LogP contribution in [0.25, 0.3) is 0 Å². The lowest BCUT2D eigenvalue weighted by Gasteiger charge is -2.24. The minimum Gasteiger partial charge on any atom is -0.492 e. The Morgan fingerprint density at radius 1 is 1.17 bits per heavy atom. The van der Waals surface area contributed by atoms with E-state index >= 15 is 0 Å². The van der Waals surface area contributed by atoms with Crippen LogP contribution in [0.2, 0.25) is 0 Å². The molecule has 0 saturated carbocycles. The third kappa shape index (κ3) is 2.85. The monoisotopic (exact) mass is 246 g/mol. The molecular formula is C15H22N2O. The lowest BCUT2D eigenvalue weighted by Crippen LogP contribution is -2.38. The van der Waals surface area contributed by atoms with Crippen molar-refractivity contribution in [1.82, 2.24) is 10.6 Å². The minimum absolute atomic E-state index is 0.538. The van der Waals surface area contributed by atoms with Gasteiger partial charge in [0.25, 0.3) is 0 Å². The fourth-order valence-corrected chi connectivity index (χ4v) is 2.81. The first kappa shape index (κ1) is 12.0. The highest BCUT2D eigenvalue weighted by Gasteiger charge is 2.14. The number of hydrogen-bond acceptors (Lipinski definition) is 3. The highest BCUT2D eigenvalue weighted by atomic mass is 16.5. The standard InChI is InChI=1S/C15H22N2O/c1-2-7-17-14(3-1)11-18-15-5-4-13-10-16-8-6-12(13)9-15/h4-5,9,14,16-17H,1-3,6-8,10-11H2. The summed E-state index contributed by atoms with van der Waals surface area (Å²) in [7, 11) is 0. The predicted molar refractivity (Wildman–Crippen MR) is 73.0 cm³/mol. The molecule has 0 spiro atoms. The molecule has 0 aliphatic carbocycles. The molecule has 18 heavy (non-hydrogen) atoms. The highest BCUT2D eigenvalue weighted by molar-refractivity contribution is 5.37. The first-order chi connectivity index (χ1) is 8.92. The van der Waals surface area contributed by atoms with Crippen molar-refractivity contribution >= 4 is 0 Å². The number of nitrogens with one attached hydrogen (secondary N) is 2. The highest BCUT2D eigenvalue weighted by Crippen LogP contribution is 2.21. The molecular weight excluding hydrogens is 224 g/mol. The summed E-state index contributed by atoms with van der Waals surface area (Å²) in [5.74, 6) is 1.03. The minimum atomic E-state index is 0.538. The average Bonchev–Trinajstić information content (AvgIpc) is 2.46. The maximum atomic E-state index is 5.93. The molecule has 0 bridgehead atoms. The Labute approximate surface area is 109 Å². The number of rotatable bonds is 3. The molecule has 0 aromatic heterocycles. The van der Waals surface area contributed by atoms with E-state index in [0.717, 1.165) is 38.4 Å². The van der Waals surface area contributed by atoms with Crippen LogP contribution in [0.5, 0.6) is 5.75 Å². The number of fused-ring (bicyclic) bond motifs is 1. The molecule has 1 aromatic carbocycles. The second kappa shape index (κ2) is 5.72. The predicted octanol–water partition coefficient (Wildman–Crippen LogP) is 1.85. The Hall–Kier alpha value is -1.06. The number of benzene rings is 1. The molecule has 1 unspecified atom stereocenters. The van der Waals surface area contributed by atoms with Gasteiger partial charge < -0.3 is 15.4 Å². The van der Waals surface area contributed by atoms with Crippen molar-refractivity contribution in [3.63, 3.8) is 0 Å². The fourth-order valence-electron chi connectivity index (χ4n) is 2.81. The van der Waals surface area contributed by atoms with Crippen LogP contribution >= 0.6 is 0 Å². The summed E-state index contributed by atoms with van der Waals surface area (Å²) in [5.41, 5.74) is 2.87. The SMILES string of the molecule is c1cc2c(cc1OCC1CCCCN1)CCNC2. The number of ether oxygens (including phenoxy) is 1. The van der Waals surface area contributed by atoms with Crippen LogP contribution in [-0.4, -0.2) is 25.7 Å². The van der Waals surface area contributed by atoms with Crippen LogP contribution < -0.4 is 15.4 Å². The van der Waals surface area contributed by atoms with Gasteiger partial charge in [0.15, 0.2) is 0 Å². The van der Waals surface area contributed by atoms with Gasteiger partial charge in [0.05, 0.1) is 0 Å². The second-order valence-electron chi connectivity index (χ2n) is 5.32. The van der Waals surface area contributed by atoms with Gasteiger partial charge in [-0.2, -0.15) is 0 Å². The van der Waals surface area contributed by atoms with Crippen LogP contribution in [0.15, 0.2) is 18.2 Å². The van der Waals surface area contributed by atoms with Crippen molar-refractivity contribution in [3.8, 4) is 5.75 Å². The van der Waals surface area contributed by atoms with Gasteiger partial charge in [-0.25, -0.2) is 0 Å². The van der Waals surface area contributed by atoms with Crippen LogP contribution in [0.1, 0.15) is 30.4 Å². The largest absolute Gasteiger partial charge is 0.492 e. The molecule has 1 saturated heterocycles. The Bertz CT molecular complexity index is 399. The van der Waals surface area contributed by atoms with Crippen molar-refractivity contribution < 1.29 is 4.74 Å². The first-order valence-electron chi connectivity index (χ1n) is 7.10. The van der Waals surface area contributed by atoms with Crippen molar-refractivity contribution in [2.75, 3.05) is 19.7 Å². The summed E-state index contributed by atoms with van der Waals surface area (Å²) < 4.78 is 5.93. The molecule has 2 aliphatic heterocycles. The summed E-state index contributed by atoms with van der Waals surface area (Å²) in [5, 5.41) is 6.91. The second-order valence-corrected chi connectivity index (χ2v) is 5.32. The van der Waals surface area contributed by atoms with Gasteiger partial charge in [-0.15, -0.1) is 0 Å². The van der Waals surface area contributed by atoms with Crippen LogP contribution in [0, 0.1) is 0 Å². The van der Waals surface area contributed by atoms with E-state index in [9.17, 15) is 0 Å². The fraction of sp³-hybridized carbons (Fsp3) is 0.600. The Morgan fingerprint density at radius 2 is 2.17 bits per heavy atom. The molecule has 98 valence electrons. The first-order valence-corrected chi connectivity index (χ1v) is 7.10. The molecule has 1 fully saturated rings. The number of hydrogen-bond donors (Lipinski definition) is 2. The van der Waals surface area contributed by atoms with Crippen LogP contribution in [-0.2, 0) is 13.0 Å². The Balaban J connectivity index is 1.58. The normalized spacial score (nSPS) is 23.4. The quantitative estimate of drug-likeness (QED) is 0.854. The average molecular weight is 246 g/mol. The third-order valence-corrected chi connectivity index (χ3v) is 3.93. The maximum absolute atomic E-state index is 5.93. The zero-order chi connectivity index (χ0) is 12.2. The molecule has 0 amide bonds. The van der Waals surface area contributed by atoms with Crippen molar-refractivity contribution in [2.45, 2.75) is 38.3 Å². The van der Waals surface area contributed by atoms with E-state index in [4.69, 9.17) is 4.74 Å². The van der Waals surface area contributed by atoms with Gasteiger partial charge in [-0.05, 0) is 55.6 Å². The van der Waals surface area contributed by atoms with Gasteiger partial charge in [-0.3, -0.25) is 0 Å². The Kier molecular flexibility index (Phi) is 3.81. The van der Waals surface area contributed by atoms with E-state index < -0.39 is 0 Å². The maximum Gasteiger partial charge on any atom is 0.119 e. The van der Waals surface area contributed by atoms with Crippen molar-refractivity contribution in [1.29, 1.82) is 0 Å². The van der Waals surface area contributed by atoms with E-state index in [1.165, 1.54) is 30.4 Å². The third-order valence-electron chi connectivity index (χ3n) is 3.93. The van der Waals surface area contributed by atoms with Gasteiger partial charge >= 0.3 is 0 Å². The zero-order valence-corrected chi connectivity index (χ0v) is 10.9. The summed E-state index contributed by atoms with van der Waals surface area (Å²) >= 11 is 0. The molecule has 2 N–H and O–H groups in total. The molecule has 2 aliphatic rings. The summed E-state index contributed by atoms with van der Waals surface area (Å²) in [6.45, 7) is 4.03. The van der Waals surface area contributed by atoms with Gasteiger partial charge in [0, 0.05) is 12.6 Å². The van der Waals surface area contributed by atoms with Crippen LogP contribution in [0.3, 0.4) is 0 Å². The zero-order valence-electron chi connectivity index (χ0n) is 10.9. The molecule has 3 rings (SSSR count). The van der Waals surface area contributed by atoms with Crippen molar-refractivity contribution in [2.24, 2.45) is 0 Å². The molecule has 2 heterocycles. The number of piperidine rings is 1. The molecule has 0 radical (unpaired) electrons. The molecule has 3 heteroatoms. The van der Waals surface area contributed by atoms with Gasteiger partial charge in [-0.1, -0.05) is 12.5 Å². The lowest BCUT2D eigenvalue weighted by atomic mass is 10.0. The van der Waals surface area contributed by atoms with E-state index in [1.54, 1.807) is 0 Å². The van der Waals surface area contributed by atoms with Gasteiger partial charge in [0.1, 0.15) is 12.4 Å². The van der Waals surface area contributed by atoms with E-state index in [2.05, 4.69) is 28.8 Å². The summed E-state index contributed by atoms with van der Waals surface area (Å²) in [4.78, 5) is 0. The van der Waals surface area contributed by atoms with Crippen molar-refractivity contribution in [3.05, 3.63) is 29.3 Å². The van der Waals surface area contributed by atoms with Gasteiger partial charge in [0.2, 0.25) is 0 Å². The summed E-state index contributed by atoms with van der Waals surface area (Å²) in [6, 6.07) is 7.06. The molecule has 1 atom stereocenters. The van der Waals surface area contributed by atoms with E-state index in [-0.39, 0.29) is 0 Å². The lowest BCUT2D eigenvalue weighted by molar-refractivity contribution is 0.239. The van der Waals surface area contributed by atoms with E-state index in [1.807, 2.05) is 0 Å². The molecule has 1 aromatic rings.